The molecule has 0 radical (unpaired) electrons. The number of nitrogen functional groups attached to an aromatic ring is 1. The molecule has 1 amide bonds. The fourth-order valence-corrected chi connectivity index (χ4v) is 2.66. The van der Waals surface area contributed by atoms with Gasteiger partial charge in [0.15, 0.2) is 11.4 Å². The standard InChI is InChI=1S/C18H15BrN4O3/c1-25-15-6-11(19)8-22-17(15)18(24)23-12-2-3-14(20)13(7-12)16(21)10-4-5-26-9-10/h2-9,21H,20H2,1H3,(H,23,24). The van der Waals surface area contributed by atoms with Crippen molar-refractivity contribution < 1.29 is 13.9 Å². The average Bonchev–Trinajstić information content (AvgIpc) is 3.17. The molecule has 3 aromatic rings. The normalized spacial score (nSPS) is 10.4. The number of hydrogen-bond donors (Lipinski definition) is 3. The zero-order chi connectivity index (χ0) is 18.7. The first kappa shape index (κ1) is 17.7. The molecule has 4 N–H and O–H groups in total. The molecule has 0 atom stereocenters. The van der Waals surface area contributed by atoms with E-state index in [0.29, 0.717) is 32.7 Å². The van der Waals surface area contributed by atoms with E-state index in [1.807, 2.05) is 0 Å². The Morgan fingerprint density at radius 1 is 1.35 bits per heavy atom. The number of amides is 1. The Balaban J connectivity index is 1.88. The highest BCUT2D eigenvalue weighted by Gasteiger charge is 2.16. The Kier molecular flexibility index (Phi) is 5.04. The minimum absolute atomic E-state index is 0.152. The Morgan fingerprint density at radius 2 is 2.15 bits per heavy atom. The Hall–Kier alpha value is -3.13. The molecule has 0 saturated carbocycles. The smallest absolute Gasteiger partial charge is 0.278 e. The maximum Gasteiger partial charge on any atom is 0.278 e. The molecule has 7 nitrogen and oxygen atoms in total. The molecule has 1 aromatic carbocycles. The second-order valence-corrected chi connectivity index (χ2v) is 6.26. The number of ether oxygens (including phenoxy) is 1. The molecule has 0 unspecified atom stereocenters. The van der Waals surface area contributed by atoms with Gasteiger partial charge in [-0.05, 0) is 46.3 Å². The molecule has 8 heteroatoms. The predicted octanol–water partition coefficient (Wildman–Crippen LogP) is 3.70. The number of methoxy groups -OCH3 is 1. The quantitative estimate of drug-likeness (QED) is 0.434. The number of aromatic nitrogens is 1. The van der Waals surface area contributed by atoms with Crippen molar-refractivity contribution in [2.24, 2.45) is 0 Å². The lowest BCUT2D eigenvalue weighted by molar-refractivity contribution is 0.101. The zero-order valence-corrected chi connectivity index (χ0v) is 15.3. The number of anilines is 2. The van der Waals surface area contributed by atoms with Crippen molar-refractivity contribution in [3.05, 3.63) is 70.3 Å². The number of carbonyl (C=O) groups is 1. The number of halogens is 1. The van der Waals surface area contributed by atoms with E-state index in [1.165, 1.54) is 25.8 Å². The van der Waals surface area contributed by atoms with Crippen LogP contribution in [0.2, 0.25) is 0 Å². The van der Waals surface area contributed by atoms with Crippen LogP contribution in [0.15, 0.2) is 57.9 Å². The summed E-state index contributed by atoms with van der Waals surface area (Å²) in [5.74, 6) is -0.0846. The molecule has 2 heterocycles. The summed E-state index contributed by atoms with van der Waals surface area (Å²) in [6.07, 6.45) is 4.46. The number of nitrogens with one attached hydrogen (secondary N) is 2. The molecule has 0 fully saturated rings. The van der Waals surface area contributed by atoms with Crippen LogP contribution in [-0.4, -0.2) is 23.7 Å². The first-order valence-electron chi connectivity index (χ1n) is 7.51. The summed E-state index contributed by atoms with van der Waals surface area (Å²) in [7, 11) is 1.47. The van der Waals surface area contributed by atoms with E-state index in [-0.39, 0.29) is 11.4 Å². The third kappa shape index (κ3) is 3.60. The maximum absolute atomic E-state index is 12.5. The third-order valence-corrected chi connectivity index (χ3v) is 4.08. The summed E-state index contributed by atoms with van der Waals surface area (Å²) in [6.45, 7) is 0. The molecule has 2 aromatic heterocycles. The van der Waals surface area contributed by atoms with Gasteiger partial charge < -0.3 is 20.2 Å². The first-order chi connectivity index (χ1) is 12.5. The number of pyridine rings is 1. The van der Waals surface area contributed by atoms with Crippen molar-refractivity contribution in [1.29, 1.82) is 5.41 Å². The number of nitrogens with zero attached hydrogens (tertiary/aromatic N) is 1. The summed E-state index contributed by atoms with van der Waals surface area (Å²) in [5.41, 5.74) is 8.32. The summed E-state index contributed by atoms with van der Waals surface area (Å²) >= 11 is 3.29. The van der Waals surface area contributed by atoms with Crippen LogP contribution in [0.4, 0.5) is 11.4 Å². The molecule has 132 valence electrons. The first-order valence-corrected chi connectivity index (χ1v) is 8.31. The van der Waals surface area contributed by atoms with Gasteiger partial charge in [-0.1, -0.05) is 0 Å². The van der Waals surface area contributed by atoms with Gasteiger partial charge in [0.05, 0.1) is 25.3 Å². The van der Waals surface area contributed by atoms with E-state index in [4.69, 9.17) is 20.3 Å². The van der Waals surface area contributed by atoms with Gasteiger partial charge in [-0.3, -0.25) is 10.2 Å². The molecule has 0 spiro atoms. The van der Waals surface area contributed by atoms with Crippen molar-refractivity contribution in [3.8, 4) is 5.75 Å². The number of carbonyl (C=O) groups excluding carboxylic acids is 1. The summed E-state index contributed by atoms with van der Waals surface area (Å²) < 4.78 is 10.9. The highest BCUT2D eigenvalue weighted by Crippen LogP contribution is 2.24. The molecule has 0 aliphatic carbocycles. The highest BCUT2D eigenvalue weighted by atomic mass is 79.9. The largest absolute Gasteiger partial charge is 0.494 e. The van der Waals surface area contributed by atoms with Crippen LogP contribution in [-0.2, 0) is 0 Å². The van der Waals surface area contributed by atoms with Crippen molar-refractivity contribution in [1.82, 2.24) is 4.98 Å². The monoisotopic (exact) mass is 414 g/mol. The van der Waals surface area contributed by atoms with Gasteiger partial charge in [0, 0.05) is 33.2 Å². The van der Waals surface area contributed by atoms with E-state index in [0.717, 1.165) is 0 Å². The number of furan rings is 1. The Bertz CT molecular complexity index is 971. The van der Waals surface area contributed by atoms with Crippen LogP contribution >= 0.6 is 15.9 Å². The second-order valence-electron chi connectivity index (χ2n) is 5.35. The van der Waals surface area contributed by atoms with Crippen LogP contribution in [0, 0.1) is 5.41 Å². The highest BCUT2D eigenvalue weighted by molar-refractivity contribution is 9.10. The third-order valence-electron chi connectivity index (χ3n) is 3.64. The number of nitrogens with two attached hydrogens (primary N) is 1. The lowest BCUT2D eigenvalue weighted by Gasteiger charge is -2.11. The predicted molar refractivity (Wildman–Crippen MR) is 102 cm³/mol. The summed E-state index contributed by atoms with van der Waals surface area (Å²) in [4.78, 5) is 16.6. The van der Waals surface area contributed by atoms with Gasteiger partial charge in [0.25, 0.3) is 5.91 Å². The molecule has 0 bridgehead atoms. The Labute approximate surface area is 157 Å². The average molecular weight is 415 g/mol. The molecule has 0 aliphatic heterocycles. The van der Waals surface area contributed by atoms with E-state index < -0.39 is 5.91 Å². The van der Waals surface area contributed by atoms with E-state index in [9.17, 15) is 4.79 Å². The van der Waals surface area contributed by atoms with Crippen molar-refractivity contribution in [3.63, 3.8) is 0 Å². The fourth-order valence-electron chi connectivity index (χ4n) is 2.35. The minimum atomic E-state index is -0.431. The zero-order valence-electron chi connectivity index (χ0n) is 13.7. The molecule has 0 aliphatic rings. The molecular formula is C18H15BrN4O3. The number of hydrogen-bond acceptors (Lipinski definition) is 6. The van der Waals surface area contributed by atoms with E-state index in [2.05, 4.69) is 26.2 Å². The van der Waals surface area contributed by atoms with Crippen LogP contribution in [0.1, 0.15) is 21.6 Å². The van der Waals surface area contributed by atoms with Crippen molar-refractivity contribution in [2.75, 3.05) is 18.2 Å². The molecule has 3 rings (SSSR count). The lowest BCUT2D eigenvalue weighted by atomic mass is 10.0. The van der Waals surface area contributed by atoms with Crippen LogP contribution in [0.25, 0.3) is 0 Å². The van der Waals surface area contributed by atoms with Crippen LogP contribution in [0.5, 0.6) is 5.75 Å². The lowest BCUT2D eigenvalue weighted by Crippen LogP contribution is -2.16. The second kappa shape index (κ2) is 7.40. The van der Waals surface area contributed by atoms with Gasteiger partial charge in [0.1, 0.15) is 0 Å². The van der Waals surface area contributed by atoms with E-state index in [1.54, 1.807) is 30.3 Å². The summed E-state index contributed by atoms with van der Waals surface area (Å²) in [6, 6.07) is 8.25. The van der Waals surface area contributed by atoms with E-state index >= 15 is 0 Å². The van der Waals surface area contributed by atoms with Crippen LogP contribution in [0.3, 0.4) is 0 Å². The fraction of sp³-hybridized carbons (Fsp3) is 0.0556. The van der Waals surface area contributed by atoms with Gasteiger partial charge in [-0.15, -0.1) is 0 Å². The molecule has 0 saturated heterocycles. The topological polar surface area (TPSA) is 114 Å². The van der Waals surface area contributed by atoms with Gasteiger partial charge in [0.2, 0.25) is 0 Å². The maximum atomic E-state index is 12.5. The van der Waals surface area contributed by atoms with Crippen molar-refractivity contribution in [2.45, 2.75) is 0 Å². The van der Waals surface area contributed by atoms with Crippen molar-refractivity contribution >= 4 is 38.9 Å². The van der Waals surface area contributed by atoms with Gasteiger partial charge in [-0.25, -0.2) is 4.98 Å². The van der Waals surface area contributed by atoms with Gasteiger partial charge in [-0.2, -0.15) is 0 Å². The Morgan fingerprint density at radius 3 is 2.85 bits per heavy atom. The SMILES string of the molecule is COc1cc(Br)cnc1C(=O)Nc1ccc(N)c(C(=N)c2ccoc2)c1. The number of rotatable bonds is 5. The molecular weight excluding hydrogens is 400 g/mol. The minimum Gasteiger partial charge on any atom is -0.494 e. The molecule has 26 heavy (non-hydrogen) atoms. The van der Waals surface area contributed by atoms with Gasteiger partial charge >= 0.3 is 0 Å². The summed E-state index contributed by atoms with van der Waals surface area (Å²) in [5, 5.41) is 11.0. The van der Waals surface area contributed by atoms with Crippen LogP contribution < -0.4 is 15.8 Å². The number of benzene rings is 1.